The van der Waals surface area contributed by atoms with E-state index < -0.39 is 12.0 Å². The molecule has 5 nitrogen and oxygen atoms in total. The van der Waals surface area contributed by atoms with Gasteiger partial charge in [0, 0.05) is 16.9 Å². The molecule has 2 amide bonds. The predicted molar refractivity (Wildman–Crippen MR) is 87.3 cm³/mol. The van der Waals surface area contributed by atoms with Crippen LogP contribution in [0.25, 0.3) is 0 Å². The van der Waals surface area contributed by atoms with E-state index in [-0.39, 0.29) is 12.5 Å². The second-order valence-corrected chi connectivity index (χ2v) is 6.26. The minimum absolute atomic E-state index is 0.0814. The van der Waals surface area contributed by atoms with Crippen molar-refractivity contribution in [1.82, 2.24) is 5.32 Å². The Morgan fingerprint density at radius 1 is 1.33 bits per heavy atom. The van der Waals surface area contributed by atoms with Crippen LogP contribution in [0.1, 0.15) is 26.2 Å². The zero-order valence-electron chi connectivity index (χ0n) is 11.3. The molecule has 116 valence electrons. The van der Waals surface area contributed by atoms with Crippen molar-refractivity contribution in [2.45, 2.75) is 32.2 Å². The number of carboxylic acid groups (broad SMARTS) is 1. The van der Waals surface area contributed by atoms with Crippen LogP contribution in [0.3, 0.4) is 0 Å². The van der Waals surface area contributed by atoms with Crippen molar-refractivity contribution >= 4 is 56.8 Å². The van der Waals surface area contributed by atoms with Crippen LogP contribution in [0.5, 0.6) is 0 Å². The van der Waals surface area contributed by atoms with Gasteiger partial charge in [-0.25, -0.2) is 4.79 Å². The largest absolute Gasteiger partial charge is 0.481 e. The second-order valence-electron chi connectivity index (χ2n) is 4.53. The van der Waals surface area contributed by atoms with Gasteiger partial charge in [0.2, 0.25) is 0 Å². The summed E-state index contributed by atoms with van der Waals surface area (Å²) in [6.45, 7) is 1.80. The fourth-order valence-electron chi connectivity index (χ4n) is 1.67. The third kappa shape index (κ3) is 6.54. The minimum Gasteiger partial charge on any atom is -0.481 e. The maximum Gasteiger partial charge on any atom is 0.319 e. The lowest BCUT2D eigenvalue weighted by Crippen LogP contribution is -2.36. The van der Waals surface area contributed by atoms with Gasteiger partial charge in [0.05, 0.1) is 15.7 Å². The standard InChI is InChI=1S/C13H15BrCl2N2O3/c1-7(3-2-4-11(19)20)17-13(21)18-12-9(15)5-8(14)6-10(12)16/h5-7H,2-4H2,1H3,(H,19,20)(H2,17,18,21). The highest BCUT2D eigenvalue weighted by molar-refractivity contribution is 9.10. The molecule has 0 saturated heterocycles. The molecule has 1 aromatic carbocycles. The van der Waals surface area contributed by atoms with Gasteiger partial charge >= 0.3 is 12.0 Å². The summed E-state index contributed by atoms with van der Waals surface area (Å²) in [6, 6.07) is 2.65. The molecule has 1 unspecified atom stereocenters. The molecule has 8 heteroatoms. The van der Waals surface area contributed by atoms with E-state index in [1.165, 1.54) is 0 Å². The number of amides is 2. The van der Waals surface area contributed by atoms with E-state index in [2.05, 4.69) is 26.6 Å². The van der Waals surface area contributed by atoms with Crippen LogP contribution in [0.4, 0.5) is 10.5 Å². The summed E-state index contributed by atoms with van der Waals surface area (Å²) in [4.78, 5) is 22.3. The number of hydrogen-bond acceptors (Lipinski definition) is 2. The molecule has 1 aromatic rings. The monoisotopic (exact) mass is 396 g/mol. The van der Waals surface area contributed by atoms with Gasteiger partial charge in [0.1, 0.15) is 0 Å². The molecular weight excluding hydrogens is 383 g/mol. The van der Waals surface area contributed by atoms with Gasteiger partial charge in [-0.3, -0.25) is 4.79 Å². The van der Waals surface area contributed by atoms with E-state index in [4.69, 9.17) is 28.3 Å². The Labute approximate surface area is 141 Å². The number of anilines is 1. The summed E-state index contributed by atoms with van der Waals surface area (Å²) in [5.74, 6) is -0.847. The maximum atomic E-state index is 11.8. The second kappa shape index (κ2) is 8.46. The smallest absolute Gasteiger partial charge is 0.319 e. The minimum atomic E-state index is -0.847. The SMILES string of the molecule is CC(CCCC(=O)O)NC(=O)Nc1c(Cl)cc(Br)cc1Cl. The lowest BCUT2D eigenvalue weighted by atomic mass is 10.1. The Kier molecular flexibility index (Phi) is 7.28. The highest BCUT2D eigenvalue weighted by Gasteiger charge is 2.13. The molecule has 3 N–H and O–H groups in total. The molecule has 0 aliphatic rings. The van der Waals surface area contributed by atoms with Crippen molar-refractivity contribution in [3.8, 4) is 0 Å². The van der Waals surface area contributed by atoms with Gasteiger partial charge in [0.25, 0.3) is 0 Å². The number of halogens is 3. The maximum absolute atomic E-state index is 11.8. The molecule has 0 bridgehead atoms. The highest BCUT2D eigenvalue weighted by Crippen LogP contribution is 2.33. The van der Waals surface area contributed by atoms with E-state index >= 15 is 0 Å². The van der Waals surface area contributed by atoms with Gasteiger partial charge in [-0.1, -0.05) is 39.1 Å². The number of hydrogen-bond donors (Lipinski definition) is 3. The zero-order chi connectivity index (χ0) is 16.0. The van der Waals surface area contributed by atoms with Crippen molar-refractivity contribution in [1.29, 1.82) is 0 Å². The fourth-order valence-corrected chi connectivity index (χ4v) is 2.97. The van der Waals surface area contributed by atoms with Crippen molar-refractivity contribution in [3.63, 3.8) is 0 Å². The third-order valence-electron chi connectivity index (χ3n) is 2.65. The van der Waals surface area contributed by atoms with E-state index in [1.54, 1.807) is 19.1 Å². The topological polar surface area (TPSA) is 78.4 Å². The van der Waals surface area contributed by atoms with Crippen LogP contribution in [-0.4, -0.2) is 23.1 Å². The molecule has 1 rings (SSSR count). The van der Waals surface area contributed by atoms with E-state index in [0.29, 0.717) is 33.0 Å². The lowest BCUT2D eigenvalue weighted by Gasteiger charge is -2.15. The third-order valence-corrected chi connectivity index (χ3v) is 3.70. The average molecular weight is 398 g/mol. The summed E-state index contributed by atoms with van der Waals surface area (Å²) >= 11 is 15.3. The Hall–Kier alpha value is -0.980. The normalized spacial score (nSPS) is 11.8. The lowest BCUT2D eigenvalue weighted by molar-refractivity contribution is -0.137. The van der Waals surface area contributed by atoms with Crippen molar-refractivity contribution in [3.05, 3.63) is 26.7 Å². The number of rotatable bonds is 6. The number of urea groups is 1. The molecule has 0 aromatic heterocycles. The molecule has 0 aliphatic carbocycles. The summed E-state index contributed by atoms with van der Waals surface area (Å²) < 4.78 is 0.713. The Bertz CT molecular complexity index is 517. The van der Waals surface area contributed by atoms with Gasteiger partial charge in [-0.2, -0.15) is 0 Å². The number of aliphatic carboxylic acids is 1. The molecule has 0 heterocycles. The van der Waals surface area contributed by atoms with Crippen LogP contribution < -0.4 is 10.6 Å². The van der Waals surface area contributed by atoms with Gasteiger partial charge < -0.3 is 15.7 Å². The number of benzene rings is 1. The van der Waals surface area contributed by atoms with Gasteiger partial charge in [0.15, 0.2) is 0 Å². The van der Waals surface area contributed by atoms with Gasteiger partial charge in [-0.15, -0.1) is 0 Å². The van der Waals surface area contributed by atoms with Crippen molar-refractivity contribution < 1.29 is 14.7 Å². The van der Waals surface area contributed by atoms with Crippen molar-refractivity contribution in [2.75, 3.05) is 5.32 Å². The first-order valence-corrected chi connectivity index (χ1v) is 7.78. The molecule has 21 heavy (non-hydrogen) atoms. The Morgan fingerprint density at radius 3 is 2.43 bits per heavy atom. The first-order chi connectivity index (χ1) is 9.79. The molecule has 1 atom stereocenters. The van der Waals surface area contributed by atoms with Crippen molar-refractivity contribution in [2.24, 2.45) is 0 Å². The first kappa shape index (κ1) is 18.1. The molecule has 0 aliphatic heterocycles. The Morgan fingerprint density at radius 2 is 1.90 bits per heavy atom. The average Bonchev–Trinajstić information content (AvgIpc) is 2.33. The highest BCUT2D eigenvalue weighted by atomic mass is 79.9. The van der Waals surface area contributed by atoms with E-state index in [9.17, 15) is 9.59 Å². The fraction of sp³-hybridized carbons (Fsp3) is 0.385. The predicted octanol–water partition coefficient (Wildman–Crippen LogP) is 4.52. The van der Waals surface area contributed by atoms with E-state index in [1.807, 2.05) is 0 Å². The Balaban J connectivity index is 2.52. The molecular formula is C13H15BrCl2N2O3. The summed E-state index contributed by atoms with van der Waals surface area (Å²) in [5, 5.41) is 14.5. The van der Waals surface area contributed by atoms with Crippen LogP contribution >= 0.6 is 39.1 Å². The summed E-state index contributed by atoms with van der Waals surface area (Å²) in [7, 11) is 0. The van der Waals surface area contributed by atoms with E-state index in [0.717, 1.165) is 0 Å². The molecule has 0 saturated carbocycles. The summed E-state index contributed by atoms with van der Waals surface area (Å²) in [6.07, 6.45) is 1.15. The quantitative estimate of drug-likeness (QED) is 0.660. The number of nitrogens with one attached hydrogen (secondary N) is 2. The van der Waals surface area contributed by atoms with Crippen LogP contribution in [0, 0.1) is 0 Å². The zero-order valence-corrected chi connectivity index (χ0v) is 14.3. The van der Waals surface area contributed by atoms with Crippen LogP contribution in [0.15, 0.2) is 16.6 Å². The first-order valence-electron chi connectivity index (χ1n) is 6.23. The molecule has 0 radical (unpaired) electrons. The molecule has 0 spiro atoms. The van der Waals surface area contributed by atoms with Gasteiger partial charge in [-0.05, 0) is 31.9 Å². The summed E-state index contributed by atoms with van der Waals surface area (Å²) in [5.41, 5.74) is 0.330. The number of carbonyl (C=O) groups is 2. The molecule has 0 fully saturated rings. The number of carboxylic acids is 1. The van der Waals surface area contributed by atoms with Crippen LogP contribution in [0.2, 0.25) is 10.0 Å². The number of carbonyl (C=O) groups excluding carboxylic acids is 1. The van der Waals surface area contributed by atoms with Crippen LogP contribution in [-0.2, 0) is 4.79 Å².